The number of anilines is 3. The van der Waals surface area contributed by atoms with Crippen molar-refractivity contribution in [2.75, 3.05) is 11.1 Å². The SMILES string of the molecule is C[C@@H](Sc1ncn(-c2ccccc2)n1)c1nc(N)nc(Nc2ccccc2)n1. The standard InChI is InChI=1S/C19H18N8S/c1-13(28-19-21-12-27(26-19)15-10-6-3-7-11-15)16-23-17(20)25-18(24-16)22-14-8-4-2-5-9-14/h2-13H,1H3,(H3,20,22,23,24,25)/t13-/m1/s1. The van der Waals surface area contributed by atoms with Crippen LogP contribution in [0.15, 0.2) is 72.1 Å². The molecule has 0 amide bonds. The van der Waals surface area contributed by atoms with Crippen molar-refractivity contribution < 1.29 is 0 Å². The second-order valence-electron chi connectivity index (χ2n) is 5.93. The summed E-state index contributed by atoms with van der Waals surface area (Å²) in [5.41, 5.74) is 7.71. The van der Waals surface area contributed by atoms with Crippen LogP contribution in [0.4, 0.5) is 17.6 Å². The normalized spacial score (nSPS) is 11.9. The number of aromatic nitrogens is 6. The summed E-state index contributed by atoms with van der Waals surface area (Å²) in [6.07, 6.45) is 1.69. The summed E-state index contributed by atoms with van der Waals surface area (Å²) in [6.45, 7) is 1.98. The fourth-order valence-corrected chi connectivity index (χ4v) is 3.29. The van der Waals surface area contributed by atoms with Crippen LogP contribution in [0.5, 0.6) is 0 Å². The maximum Gasteiger partial charge on any atom is 0.232 e. The number of hydrogen-bond donors (Lipinski definition) is 2. The molecule has 3 N–H and O–H groups in total. The third kappa shape index (κ3) is 4.26. The first-order valence-electron chi connectivity index (χ1n) is 8.64. The van der Waals surface area contributed by atoms with Crippen LogP contribution >= 0.6 is 11.8 Å². The van der Waals surface area contributed by atoms with Gasteiger partial charge >= 0.3 is 0 Å². The molecule has 2 aromatic carbocycles. The van der Waals surface area contributed by atoms with Gasteiger partial charge in [-0.15, -0.1) is 5.10 Å². The van der Waals surface area contributed by atoms with Crippen molar-refractivity contribution in [1.29, 1.82) is 0 Å². The molecule has 140 valence electrons. The number of benzene rings is 2. The van der Waals surface area contributed by atoms with E-state index in [2.05, 4.69) is 30.4 Å². The molecule has 4 rings (SSSR count). The van der Waals surface area contributed by atoms with Gasteiger partial charge in [-0.1, -0.05) is 48.2 Å². The maximum absolute atomic E-state index is 5.88. The van der Waals surface area contributed by atoms with Gasteiger partial charge in [0.05, 0.1) is 10.9 Å². The molecule has 0 aliphatic rings. The van der Waals surface area contributed by atoms with Crippen molar-refractivity contribution in [1.82, 2.24) is 29.7 Å². The Bertz CT molecular complexity index is 1050. The lowest BCUT2D eigenvalue weighted by Crippen LogP contribution is -2.08. The molecule has 4 aromatic rings. The Labute approximate surface area is 166 Å². The number of rotatable bonds is 6. The fraction of sp³-hybridized carbons (Fsp3) is 0.105. The maximum atomic E-state index is 5.88. The summed E-state index contributed by atoms with van der Waals surface area (Å²) in [4.78, 5) is 17.3. The molecule has 0 saturated heterocycles. The van der Waals surface area contributed by atoms with E-state index in [0.29, 0.717) is 16.9 Å². The highest BCUT2D eigenvalue weighted by atomic mass is 32.2. The lowest BCUT2D eigenvalue weighted by molar-refractivity contribution is 0.827. The zero-order chi connectivity index (χ0) is 19.3. The van der Waals surface area contributed by atoms with Crippen molar-refractivity contribution >= 4 is 29.3 Å². The molecular weight excluding hydrogens is 372 g/mol. The van der Waals surface area contributed by atoms with Crippen molar-refractivity contribution in [3.63, 3.8) is 0 Å². The number of thioether (sulfide) groups is 1. The first kappa shape index (κ1) is 17.9. The van der Waals surface area contributed by atoms with Crippen LogP contribution < -0.4 is 11.1 Å². The monoisotopic (exact) mass is 390 g/mol. The Hall–Kier alpha value is -3.46. The summed E-state index contributed by atoms with van der Waals surface area (Å²) in [7, 11) is 0. The highest BCUT2D eigenvalue weighted by Gasteiger charge is 2.16. The molecule has 0 fully saturated rings. The zero-order valence-corrected chi connectivity index (χ0v) is 15.9. The van der Waals surface area contributed by atoms with E-state index in [1.54, 1.807) is 11.0 Å². The van der Waals surface area contributed by atoms with Gasteiger partial charge in [-0.25, -0.2) is 9.67 Å². The van der Waals surface area contributed by atoms with Gasteiger partial charge in [-0.3, -0.25) is 0 Å². The van der Waals surface area contributed by atoms with Gasteiger partial charge < -0.3 is 11.1 Å². The van der Waals surface area contributed by atoms with E-state index in [-0.39, 0.29) is 11.2 Å². The van der Waals surface area contributed by atoms with Crippen molar-refractivity contribution in [3.05, 3.63) is 72.8 Å². The topological polar surface area (TPSA) is 107 Å². The molecule has 0 aliphatic heterocycles. The third-order valence-corrected chi connectivity index (χ3v) is 4.80. The predicted molar refractivity (Wildman–Crippen MR) is 110 cm³/mol. The van der Waals surface area contributed by atoms with Crippen LogP contribution in [0.25, 0.3) is 5.69 Å². The van der Waals surface area contributed by atoms with Crippen LogP contribution in [0.1, 0.15) is 18.0 Å². The van der Waals surface area contributed by atoms with Gasteiger partial charge in [0.15, 0.2) is 0 Å². The van der Waals surface area contributed by atoms with Crippen LogP contribution in [0, 0.1) is 0 Å². The molecule has 0 bridgehead atoms. The van der Waals surface area contributed by atoms with Gasteiger partial charge in [0.25, 0.3) is 0 Å². The Morgan fingerprint density at radius 1 is 0.964 bits per heavy atom. The van der Waals surface area contributed by atoms with Gasteiger partial charge in [0.2, 0.25) is 17.1 Å². The smallest absolute Gasteiger partial charge is 0.232 e. The minimum Gasteiger partial charge on any atom is -0.368 e. The molecule has 0 unspecified atom stereocenters. The van der Waals surface area contributed by atoms with E-state index in [1.807, 2.05) is 67.6 Å². The minimum absolute atomic E-state index is 0.103. The van der Waals surface area contributed by atoms with Gasteiger partial charge in [0.1, 0.15) is 12.2 Å². The third-order valence-electron chi connectivity index (χ3n) is 3.84. The van der Waals surface area contributed by atoms with E-state index < -0.39 is 0 Å². The van der Waals surface area contributed by atoms with Gasteiger partial charge in [0, 0.05) is 5.69 Å². The van der Waals surface area contributed by atoms with Crippen LogP contribution in [-0.2, 0) is 0 Å². The van der Waals surface area contributed by atoms with Crippen molar-refractivity contribution in [3.8, 4) is 5.69 Å². The Morgan fingerprint density at radius 3 is 2.43 bits per heavy atom. The summed E-state index contributed by atoms with van der Waals surface area (Å²) in [6, 6.07) is 19.5. The predicted octanol–water partition coefficient (Wildman–Crippen LogP) is 3.63. The van der Waals surface area contributed by atoms with Crippen molar-refractivity contribution in [2.45, 2.75) is 17.3 Å². The van der Waals surface area contributed by atoms with E-state index in [0.717, 1.165) is 11.4 Å². The summed E-state index contributed by atoms with van der Waals surface area (Å²) >= 11 is 1.46. The number of nitrogens with two attached hydrogens (primary N) is 1. The number of para-hydroxylation sites is 2. The van der Waals surface area contributed by atoms with E-state index in [4.69, 9.17) is 5.73 Å². The molecule has 8 nitrogen and oxygen atoms in total. The average Bonchev–Trinajstić information content (AvgIpc) is 3.17. The molecule has 0 aliphatic carbocycles. The molecule has 2 aromatic heterocycles. The van der Waals surface area contributed by atoms with Gasteiger partial charge in [-0.05, 0) is 31.2 Å². The van der Waals surface area contributed by atoms with Crippen molar-refractivity contribution in [2.24, 2.45) is 0 Å². The highest BCUT2D eigenvalue weighted by Crippen LogP contribution is 2.31. The summed E-state index contributed by atoms with van der Waals surface area (Å²) < 4.78 is 1.74. The largest absolute Gasteiger partial charge is 0.368 e. The second-order valence-corrected chi connectivity index (χ2v) is 7.24. The van der Waals surface area contributed by atoms with Gasteiger partial charge in [-0.2, -0.15) is 15.0 Å². The number of nitrogens with one attached hydrogen (secondary N) is 1. The molecule has 9 heteroatoms. The van der Waals surface area contributed by atoms with E-state index >= 15 is 0 Å². The Kier molecular flexibility index (Phi) is 5.16. The Balaban J connectivity index is 1.50. The molecule has 0 radical (unpaired) electrons. The van der Waals surface area contributed by atoms with Crippen LogP contribution in [0.2, 0.25) is 0 Å². The first-order valence-corrected chi connectivity index (χ1v) is 9.52. The quantitative estimate of drug-likeness (QED) is 0.481. The molecule has 0 spiro atoms. The van der Waals surface area contributed by atoms with E-state index in [1.165, 1.54) is 11.8 Å². The van der Waals surface area contributed by atoms with E-state index in [9.17, 15) is 0 Å². The zero-order valence-electron chi connectivity index (χ0n) is 15.1. The second kappa shape index (κ2) is 8.05. The highest BCUT2D eigenvalue weighted by molar-refractivity contribution is 7.99. The molecule has 28 heavy (non-hydrogen) atoms. The molecular formula is C19H18N8S. The first-order chi connectivity index (χ1) is 13.7. The molecule has 1 atom stereocenters. The molecule has 0 saturated carbocycles. The number of nitrogen functional groups attached to an aromatic ring is 1. The Morgan fingerprint density at radius 2 is 1.68 bits per heavy atom. The lowest BCUT2D eigenvalue weighted by Gasteiger charge is -2.10. The minimum atomic E-state index is -0.103. The van der Waals surface area contributed by atoms with Crippen LogP contribution in [-0.4, -0.2) is 29.7 Å². The number of hydrogen-bond acceptors (Lipinski definition) is 8. The summed E-state index contributed by atoms with van der Waals surface area (Å²) in [5.74, 6) is 1.13. The lowest BCUT2D eigenvalue weighted by atomic mass is 10.3. The molecule has 2 heterocycles. The summed E-state index contributed by atoms with van der Waals surface area (Å²) in [5, 5.41) is 8.18. The number of nitrogens with zero attached hydrogens (tertiary/aromatic N) is 6. The average molecular weight is 390 g/mol. The van der Waals surface area contributed by atoms with Crippen LogP contribution in [0.3, 0.4) is 0 Å². The fourth-order valence-electron chi connectivity index (χ4n) is 2.52.